The first-order chi connectivity index (χ1) is 39.5. The molecule has 6 heteroatoms. The summed E-state index contributed by atoms with van der Waals surface area (Å²) < 4.78 is 17.0. The Balaban J connectivity index is 4.23. The minimum Gasteiger partial charge on any atom is -0.462 e. The molecule has 0 bridgehead atoms. The molecule has 0 aromatic heterocycles. The average Bonchev–Trinajstić information content (AvgIpc) is 3.46. The summed E-state index contributed by atoms with van der Waals surface area (Å²) in [6.45, 7) is 6.55. The van der Waals surface area contributed by atoms with E-state index < -0.39 is 6.10 Å². The molecule has 0 aromatic rings. The molecule has 0 aliphatic carbocycles. The number of hydrogen-bond donors (Lipinski definition) is 0. The highest BCUT2D eigenvalue weighted by atomic mass is 16.6. The van der Waals surface area contributed by atoms with Crippen LogP contribution in [0.5, 0.6) is 0 Å². The van der Waals surface area contributed by atoms with Gasteiger partial charge < -0.3 is 14.2 Å². The number of esters is 3. The first-order valence-electron chi connectivity index (χ1n) is 35.3. The van der Waals surface area contributed by atoms with E-state index in [1.165, 1.54) is 244 Å². The monoisotopic (exact) mass is 1120 g/mol. The van der Waals surface area contributed by atoms with Gasteiger partial charge in [-0.1, -0.05) is 332 Å². The fourth-order valence-corrected chi connectivity index (χ4v) is 10.5. The zero-order chi connectivity index (χ0) is 57.8. The van der Waals surface area contributed by atoms with Gasteiger partial charge in [-0.3, -0.25) is 14.4 Å². The molecule has 0 radical (unpaired) electrons. The van der Waals surface area contributed by atoms with Crippen molar-refractivity contribution in [2.24, 2.45) is 0 Å². The summed E-state index contributed by atoms with van der Waals surface area (Å²) >= 11 is 0. The molecule has 0 amide bonds. The topological polar surface area (TPSA) is 78.9 Å². The number of unbranched alkanes of at least 4 members (excludes halogenated alkanes) is 44. The minimum atomic E-state index is -0.785. The second kappa shape index (κ2) is 68.6. The smallest absolute Gasteiger partial charge is 0.306 e. The van der Waals surface area contributed by atoms with E-state index in [2.05, 4.69) is 81.5 Å². The van der Waals surface area contributed by atoms with E-state index >= 15 is 0 Å². The van der Waals surface area contributed by atoms with Crippen molar-refractivity contribution in [3.05, 3.63) is 60.8 Å². The van der Waals surface area contributed by atoms with Gasteiger partial charge in [0.1, 0.15) is 13.2 Å². The lowest BCUT2D eigenvalue weighted by molar-refractivity contribution is -0.167. The van der Waals surface area contributed by atoms with E-state index in [-0.39, 0.29) is 31.1 Å². The molecule has 466 valence electrons. The van der Waals surface area contributed by atoms with Crippen LogP contribution in [0.25, 0.3) is 0 Å². The fourth-order valence-electron chi connectivity index (χ4n) is 10.5. The molecule has 0 aliphatic heterocycles. The third kappa shape index (κ3) is 65.9. The molecule has 0 fully saturated rings. The zero-order valence-electron chi connectivity index (χ0n) is 53.6. The Morgan fingerprint density at radius 2 is 0.487 bits per heavy atom. The Hall–Kier alpha value is -2.89. The van der Waals surface area contributed by atoms with E-state index in [4.69, 9.17) is 14.2 Å². The fraction of sp³-hybridized carbons (Fsp3) is 0.824. The van der Waals surface area contributed by atoms with Crippen molar-refractivity contribution >= 4 is 17.9 Å². The molecular weight excluding hydrogens is 985 g/mol. The average molecular weight is 1120 g/mol. The van der Waals surface area contributed by atoms with Gasteiger partial charge in [-0.2, -0.15) is 0 Å². The van der Waals surface area contributed by atoms with Gasteiger partial charge in [-0.05, 0) is 83.5 Å². The van der Waals surface area contributed by atoms with Crippen molar-refractivity contribution in [3.63, 3.8) is 0 Å². The van der Waals surface area contributed by atoms with Crippen LogP contribution in [0, 0.1) is 0 Å². The highest BCUT2D eigenvalue weighted by Gasteiger charge is 2.19. The van der Waals surface area contributed by atoms with Crippen molar-refractivity contribution < 1.29 is 28.6 Å². The van der Waals surface area contributed by atoms with Gasteiger partial charge in [0.25, 0.3) is 0 Å². The molecule has 0 aliphatic rings. The minimum absolute atomic E-state index is 0.0795. The predicted octanol–water partition coefficient (Wildman–Crippen LogP) is 24.3. The Morgan fingerprint density at radius 3 is 0.775 bits per heavy atom. The van der Waals surface area contributed by atoms with E-state index in [0.29, 0.717) is 19.3 Å². The van der Waals surface area contributed by atoms with Crippen LogP contribution in [-0.4, -0.2) is 37.2 Å². The molecule has 80 heavy (non-hydrogen) atoms. The highest BCUT2D eigenvalue weighted by Crippen LogP contribution is 2.18. The lowest BCUT2D eigenvalue weighted by Gasteiger charge is -2.18. The van der Waals surface area contributed by atoms with Crippen LogP contribution in [0.1, 0.15) is 374 Å². The van der Waals surface area contributed by atoms with Gasteiger partial charge in [-0.15, -0.1) is 0 Å². The van der Waals surface area contributed by atoms with E-state index in [0.717, 1.165) is 89.9 Å². The van der Waals surface area contributed by atoms with Gasteiger partial charge in [-0.25, -0.2) is 0 Å². The maximum Gasteiger partial charge on any atom is 0.306 e. The Kier molecular flexibility index (Phi) is 66.1. The van der Waals surface area contributed by atoms with Crippen molar-refractivity contribution in [2.75, 3.05) is 13.2 Å². The van der Waals surface area contributed by atoms with Gasteiger partial charge >= 0.3 is 17.9 Å². The number of ether oxygens (including phenoxy) is 3. The van der Waals surface area contributed by atoms with Crippen molar-refractivity contribution in [1.82, 2.24) is 0 Å². The molecule has 0 saturated heterocycles. The van der Waals surface area contributed by atoms with Crippen LogP contribution >= 0.6 is 0 Å². The predicted molar refractivity (Wildman–Crippen MR) is 348 cm³/mol. The first kappa shape index (κ1) is 77.1. The van der Waals surface area contributed by atoms with Crippen molar-refractivity contribution in [1.29, 1.82) is 0 Å². The van der Waals surface area contributed by atoms with Crippen LogP contribution in [0.4, 0.5) is 0 Å². The van der Waals surface area contributed by atoms with E-state index in [1.54, 1.807) is 0 Å². The number of carbonyl (C=O) groups excluding carboxylic acids is 3. The van der Waals surface area contributed by atoms with Crippen LogP contribution < -0.4 is 0 Å². The second-order valence-corrected chi connectivity index (χ2v) is 23.8. The van der Waals surface area contributed by atoms with Gasteiger partial charge in [0, 0.05) is 19.3 Å². The van der Waals surface area contributed by atoms with Crippen molar-refractivity contribution in [3.8, 4) is 0 Å². The summed E-state index contributed by atoms with van der Waals surface area (Å²) in [5, 5.41) is 0. The van der Waals surface area contributed by atoms with Crippen LogP contribution in [0.3, 0.4) is 0 Å². The standard InChI is InChI=1S/C74H134O6/c1-4-7-10-13-16-19-22-25-27-29-31-33-35-36-37-38-39-41-42-44-46-49-52-55-58-61-64-67-73(76)79-70-71(69-78-72(75)66-63-60-57-54-51-48-24-21-18-15-12-9-6-3)80-74(77)68-65-62-59-56-53-50-47-45-43-40-34-32-30-28-26-23-20-17-14-11-8-5-2/h9,12,18,21-22,25,29,31,48,51,71H,4-8,10-11,13-17,19-20,23-24,26-28,30,32-47,49-50,52-70H2,1-3H3/b12-9-,21-18-,25-22-,31-29-,51-48-. The van der Waals surface area contributed by atoms with Crippen LogP contribution in [0.2, 0.25) is 0 Å². The molecule has 0 rings (SSSR count). The molecule has 1 atom stereocenters. The third-order valence-corrected chi connectivity index (χ3v) is 15.8. The summed E-state index contributed by atoms with van der Waals surface area (Å²) in [5.41, 5.74) is 0. The second-order valence-electron chi connectivity index (χ2n) is 23.8. The van der Waals surface area contributed by atoms with Gasteiger partial charge in [0.05, 0.1) is 0 Å². The summed E-state index contributed by atoms with van der Waals surface area (Å²) in [6.07, 6.45) is 88.3. The Morgan fingerprint density at radius 1 is 0.263 bits per heavy atom. The Labute approximate surface area is 498 Å². The molecule has 1 unspecified atom stereocenters. The number of rotatable bonds is 65. The molecular formula is C74H134O6. The molecule has 0 saturated carbocycles. The lowest BCUT2D eigenvalue weighted by atomic mass is 10.0. The van der Waals surface area contributed by atoms with Crippen molar-refractivity contribution in [2.45, 2.75) is 380 Å². The summed E-state index contributed by atoms with van der Waals surface area (Å²) in [7, 11) is 0. The van der Waals surface area contributed by atoms with Gasteiger partial charge in [0.15, 0.2) is 6.10 Å². The maximum atomic E-state index is 12.9. The SMILES string of the molecule is CC/C=C\C/C=C\C/C=C\CCCCCC(=O)OCC(COC(=O)CCCCCCCCCCCCCCCCC/C=C\C/C=C\CCCCCCC)OC(=O)CCCCCCCCCCCCCCCCCCCCCCCC. The molecule has 0 N–H and O–H groups in total. The first-order valence-corrected chi connectivity index (χ1v) is 35.3. The zero-order valence-corrected chi connectivity index (χ0v) is 53.6. The van der Waals surface area contributed by atoms with Crippen LogP contribution in [0.15, 0.2) is 60.8 Å². The number of hydrogen-bond acceptors (Lipinski definition) is 6. The number of carbonyl (C=O) groups is 3. The summed E-state index contributed by atoms with van der Waals surface area (Å²) in [5.74, 6) is -0.886. The molecule has 0 heterocycles. The largest absolute Gasteiger partial charge is 0.462 e. The van der Waals surface area contributed by atoms with E-state index in [1.807, 2.05) is 0 Å². The normalized spacial score (nSPS) is 12.4. The molecule has 0 spiro atoms. The van der Waals surface area contributed by atoms with E-state index in [9.17, 15) is 14.4 Å². The Bertz CT molecular complexity index is 1430. The van der Waals surface area contributed by atoms with Gasteiger partial charge in [0.2, 0.25) is 0 Å². The summed E-state index contributed by atoms with van der Waals surface area (Å²) in [4.78, 5) is 38.4. The highest BCUT2D eigenvalue weighted by molar-refractivity contribution is 5.71. The third-order valence-electron chi connectivity index (χ3n) is 15.8. The lowest BCUT2D eigenvalue weighted by Crippen LogP contribution is -2.30. The van der Waals surface area contributed by atoms with Crippen LogP contribution in [-0.2, 0) is 28.6 Å². The number of allylic oxidation sites excluding steroid dienone is 10. The molecule has 0 aromatic carbocycles. The molecule has 6 nitrogen and oxygen atoms in total. The summed E-state index contributed by atoms with van der Waals surface area (Å²) in [6, 6.07) is 0. The quantitative estimate of drug-likeness (QED) is 0.0261. The maximum absolute atomic E-state index is 12.9.